The Morgan fingerprint density at radius 3 is 2.94 bits per heavy atom. The van der Waals surface area contributed by atoms with Gasteiger partial charge in [-0.25, -0.2) is 4.39 Å². The van der Waals surface area contributed by atoms with E-state index in [4.69, 9.17) is 4.74 Å². The van der Waals surface area contributed by atoms with Gasteiger partial charge >= 0.3 is 0 Å². The van der Waals surface area contributed by atoms with Gasteiger partial charge in [0.1, 0.15) is 17.3 Å². The van der Waals surface area contributed by atoms with Crippen LogP contribution in [0.3, 0.4) is 0 Å². The molecule has 4 heteroatoms. The van der Waals surface area contributed by atoms with Crippen molar-refractivity contribution in [3.05, 3.63) is 28.5 Å². The summed E-state index contributed by atoms with van der Waals surface area (Å²) >= 11 is 3.27. The van der Waals surface area contributed by atoms with Gasteiger partial charge in [0.2, 0.25) is 0 Å². The fourth-order valence-corrected chi connectivity index (χ4v) is 1.58. The Kier molecular flexibility index (Phi) is 5.46. The fraction of sp³-hybridized carbons (Fsp3) is 0.417. The second kappa shape index (κ2) is 6.63. The average molecular weight is 289 g/mol. The summed E-state index contributed by atoms with van der Waals surface area (Å²) < 4.78 is 19.0. The van der Waals surface area contributed by atoms with E-state index in [1.165, 1.54) is 12.1 Å². The summed E-state index contributed by atoms with van der Waals surface area (Å²) in [4.78, 5) is 11.0. The lowest BCUT2D eigenvalue weighted by molar-refractivity contribution is -0.118. The number of Topliss-reactive ketones (excluding diaryl/α,β-unsaturated/α-hetero) is 1. The summed E-state index contributed by atoms with van der Waals surface area (Å²) in [7, 11) is 0. The molecule has 0 aliphatic rings. The molecule has 1 aromatic rings. The maximum absolute atomic E-state index is 12.9. The van der Waals surface area contributed by atoms with Crippen LogP contribution in [0, 0.1) is 5.82 Å². The van der Waals surface area contributed by atoms with Gasteiger partial charge < -0.3 is 4.74 Å². The van der Waals surface area contributed by atoms with E-state index in [0.29, 0.717) is 31.6 Å². The number of hydrogen-bond acceptors (Lipinski definition) is 2. The molecular weight excluding hydrogens is 275 g/mol. The van der Waals surface area contributed by atoms with Gasteiger partial charge in [-0.3, -0.25) is 4.79 Å². The Morgan fingerprint density at radius 2 is 2.25 bits per heavy atom. The van der Waals surface area contributed by atoms with Gasteiger partial charge in [-0.2, -0.15) is 0 Å². The van der Waals surface area contributed by atoms with Crippen LogP contribution in [0.15, 0.2) is 22.7 Å². The molecule has 0 amide bonds. The molecule has 0 radical (unpaired) electrons. The van der Waals surface area contributed by atoms with E-state index < -0.39 is 0 Å². The van der Waals surface area contributed by atoms with Crippen LogP contribution < -0.4 is 4.74 Å². The predicted octanol–water partition coefficient (Wildman–Crippen LogP) is 3.73. The average Bonchev–Trinajstić information content (AvgIpc) is 2.28. The molecule has 0 saturated heterocycles. The van der Waals surface area contributed by atoms with Crippen LogP contribution in [0.4, 0.5) is 4.39 Å². The molecular formula is C12H14BrFO2. The van der Waals surface area contributed by atoms with Gasteiger partial charge in [-0.05, 0) is 34.5 Å². The molecule has 0 saturated carbocycles. The zero-order valence-corrected chi connectivity index (χ0v) is 10.7. The summed E-state index contributed by atoms with van der Waals surface area (Å²) in [5.74, 6) is 0.369. The molecule has 0 unspecified atom stereocenters. The van der Waals surface area contributed by atoms with Crippen molar-refractivity contribution in [3.8, 4) is 5.75 Å². The van der Waals surface area contributed by atoms with Crippen molar-refractivity contribution in [3.63, 3.8) is 0 Å². The normalized spacial score (nSPS) is 10.2. The molecule has 16 heavy (non-hydrogen) atoms. The van der Waals surface area contributed by atoms with Gasteiger partial charge in [0.15, 0.2) is 0 Å². The molecule has 0 N–H and O–H groups in total. The molecule has 0 atom stereocenters. The summed E-state index contributed by atoms with van der Waals surface area (Å²) in [6.07, 6.45) is 1.74. The highest BCUT2D eigenvalue weighted by Gasteiger charge is 2.03. The Labute approximate surface area is 103 Å². The van der Waals surface area contributed by atoms with E-state index in [0.717, 1.165) is 4.47 Å². The molecule has 2 nitrogen and oxygen atoms in total. The first-order valence-electron chi connectivity index (χ1n) is 5.23. The van der Waals surface area contributed by atoms with Gasteiger partial charge in [0, 0.05) is 18.9 Å². The van der Waals surface area contributed by atoms with Crippen LogP contribution >= 0.6 is 15.9 Å². The van der Waals surface area contributed by atoms with Gasteiger partial charge in [-0.15, -0.1) is 0 Å². The van der Waals surface area contributed by atoms with E-state index in [2.05, 4.69) is 15.9 Å². The molecule has 0 spiro atoms. The van der Waals surface area contributed by atoms with Crippen molar-refractivity contribution in [2.75, 3.05) is 6.61 Å². The number of ether oxygens (including phenoxy) is 1. The van der Waals surface area contributed by atoms with E-state index in [1.807, 2.05) is 6.92 Å². The molecule has 88 valence electrons. The molecule has 1 rings (SSSR count). The quantitative estimate of drug-likeness (QED) is 0.746. The van der Waals surface area contributed by atoms with Gasteiger partial charge in [-0.1, -0.05) is 6.92 Å². The monoisotopic (exact) mass is 288 g/mol. The Hall–Kier alpha value is -0.900. The van der Waals surface area contributed by atoms with Crippen LogP contribution in [0.1, 0.15) is 26.2 Å². The summed E-state index contributed by atoms with van der Waals surface area (Å²) in [6.45, 7) is 2.26. The SMILES string of the molecule is CCC(=O)CCCOc1cc(F)ccc1Br. The Bertz CT molecular complexity index is 366. The Morgan fingerprint density at radius 1 is 1.50 bits per heavy atom. The van der Waals surface area contributed by atoms with Crippen molar-refractivity contribution < 1.29 is 13.9 Å². The minimum atomic E-state index is -0.331. The molecule has 0 bridgehead atoms. The van der Waals surface area contributed by atoms with Gasteiger partial charge in [0.05, 0.1) is 11.1 Å². The van der Waals surface area contributed by atoms with E-state index in [-0.39, 0.29) is 11.6 Å². The lowest BCUT2D eigenvalue weighted by Gasteiger charge is -2.07. The van der Waals surface area contributed by atoms with Crippen LogP contribution in [-0.2, 0) is 4.79 Å². The third kappa shape index (κ3) is 4.31. The van der Waals surface area contributed by atoms with Crippen molar-refractivity contribution in [1.82, 2.24) is 0 Å². The lowest BCUT2D eigenvalue weighted by atomic mass is 10.2. The van der Waals surface area contributed by atoms with Crippen molar-refractivity contribution >= 4 is 21.7 Å². The molecule has 0 aromatic heterocycles. The van der Waals surface area contributed by atoms with Crippen LogP contribution in [0.25, 0.3) is 0 Å². The van der Waals surface area contributed by atoms with E-state index in [1.54, 1.807) is 6.07 Å². The molecule has 1 aromatic carbocycles. The third-order valence-corrected chi connectivity index (χ3v) is 2.80. The highest BCUT2D eigenvalue weighted by molar-refractivity contribution is 9.10. The maximum atomic E-state index is 12.9. The van der Waals surface area contributed by atoms with Crippen molar-refractivity contribution in [2.24, 2.45) is 0 Å². The molecule has 0 aliphatic carbocycles. The van der Waals surface area contributed by atoms with Crippen LogP contribution in [0.2, 0.25) is 0 Å². The minimum absolute atomic E-state index is 0.224. The molecule has 0 aliphatic heterocycles. The molecule has 0 heterocycles. The summed E-state index contributed by atoms with van der Waals surface area (Å²) in [5, 5.41) is 0. The Balaban J connectivity index is 2.37. The zero-order chi connectivity index (χ0) is 12.0. The second-order valence-electron chi connectivity index (χ2n) is 3.42. The topological polar surface area (TPSA) is 26.3 Å². The first-order valence-corrected chi connectivity index (χ1v) is 6.02. The van der Waals surface area contributed by atoms with Crippen LogP contribution in [0.5, 0.6) is 5.75 Å². The van der Waals surface area contributed by atoms with E-state index >= 15 is 0 Å². The number of hydrogen-bond donors (Lipinski definition) is 0. The van der Waals surface area contributed by atoms with Crippen molar-refractivity contribution in [1.29, 1.82) is 0 Å². The van der Waals surface area contributed by atoms with Gasteiger partial charge in [0.25, 0.3) is 0 Å². The predicted molar refractivity (Wildman–Crippen MR) is 64.1 cm³/mol. The van der Waals surface area contributed by atoms with Crippen LogP contribution in [-0.4, -0.2) is 12.4 Å². The number of carbonyl (C=O) groups is 1. The standard InChI is InChI=1S/C12H14BrFO2/c1-2-10(15)4-3-7-16-12-8-9(14)5-6-11(12)13/h5-6,8H,2-4,7H2,1H3. The lowest BCUT2D eigenvalue weighted by Crippen LogP contribution is -2.02. The smallest absolute Gasteiger partial charge is 0.136 e. The molecule has 0 fully saturated rings. The number of halogens is 2. The summed E-state index contributed by atoms with van der Waals surface area (Å²) in [5.41, 5.74) is 0. The maximum Gasteiger partial charge on any atom is 0.136 e. The zero-order valence-electron chi connectivity index (χ0n) is 9.13. The van der Waals surface area contributed by atoms with Crippen molar-refractivity contribution in [2.45, 2.75) is 26.2 Å². The highest BCUT2D eigenvalue weighted by Crippen LogP contribution is 2.25. The fourth-order valence-electron chi connectivity index (χ4n) is 1.22. The number of carbonyl (C=O) groups excluding carboxylic acids is 1. The first-order chi connectivity index (χ1) is 7.63. The minimum Gasteiger partial charge on any atom is -0.492 e. The largest absolute Gasteiger partial charge is 0.492 e. The highest BCUT2D eigenvalue weighted by atomic mass is 79.9. The first kappa shape index (κ1) is 13.2. The number of ketones is 1. The summed E-state index contributed by atoms with van der Waals surface area (Å²) in [6, 6.07) is 4.28. The third-order valence-electron chi connectivity index (χ3n) is 2.15. The second-order valence-corrected chi connectivity index (χ2v) is 4.27. The number of benzene rings is 1. The van der Waals surface area contributed by atoms with E-state index in [9.17, 15) is 9.18 Å². The number of rotatable bonds is 6.